The van der Waals surface area contributed by atoms with Gasteiger partial charge in [-0.25, -0.2) is 0 Å². The van der Waals surface area contributed by atoms with Crippen LogP contribution in [0.5, 0.6) is 0 Å². The molecule has 68 valence electrons. The number of nitrogens with zero attached hydrogens (tertiary/aromatic N) is 1. The number of nitrogens with one attached hydrogen (secondary N) is 1. The van der Waals surface area contributed by atoms with Crippen LogP contribution in [0.1, 0.15) is 18.0 Å². The van der Waals surface area contributed by atoms with Crippen molar-refractivity contribution in [2.24, 2.45) is 5.84 Å². The van der Waals surface area contributed by atoms with Gasteiger partial charge in [0.1, 0.15) is 0 Å². The normalized spacial score (nSPS) is 12.1. The Balaban J connectivity index is 2.86. The van der Waals surface area contributed by atoms with E-state index in [1.165, 1.54) is 0 Å². The minimum Gasteiger partial charge on any atom is -0.271 e. The van der Waals surface area contributed by atoms with Crippen LogP contribution in [0.2, 0.25) is 0 Å². The van der Waals surface area contributed by atoms with Crippen LogP contribution in [0.25, 0.3) is 0 Å². The lowest BCUT2D eigenvalue weighted by atomic mass is 10.1. The number of hydrogen-bond acceptors (Lipinski definition) is 3. The van der Waals surface area contributed by atoms with Crippen molar-refractivity contribution in [2.75, 3.05) is 0 Å². The van der Waals surface area contributed by atoms with E-state index in [-0.39, 0.29) is 6.04 Å². The fourth-order valence-corrected chi connectivity index (χ4v) is 1.39. The molecule has 1 unspecified atom stereocenters. The lowest BCUT2D eigenvalue weighted by Gasteiger charge is -2.12. The maximum absolute atomic E-state index is 5.35. The Morgan fingerprint density at radius 1 is 1.69 bits per heavy atom. The van der Waals surface area contributed by atoms with E-state index in [0.29, 0.717) is 6.42 Å². The minimum atomic E-state index is -0.0324. The Morgan fingerprint density at radius 2 is 2.46 bits per heavy atom. The summed E-state index contributed by atoms with van der Waals surface area (Å²) >= 11 is 3.33. The van der Waals surface area contributed by atoms with E-state index in [9.17, 15) is 0 Å². The third kappa shape index (κ3) is 2.81. The van der Waals surface area contributed by atoms with Gasteiger partial charge in [0.05, 0.1) is 6.04 Å². The van der Waals surface area contributed by atoms with Crippen LogP contribution in [0, 0.1) is 12.3 Å². The molecule has 1 rings (SSSR count). The summed E-state index contributed by atoms with van der Waals surface area (Å²) in [5, 5.41) is 0. The molecule has 13 heavy (non-hydrogen) atoms. The van der Waals surface area contributed by atoms with Gasteiger partial charge in [-0.05, 0) is 27.6 Å². The van der Waals surface area contributed by atoms with Gasteiger partial charge >= 0.3 is 0 Å². The van der Waals surface area contributed by atoms with Crippen LogP contribution in [-0.4, -0.2) is 4.98 Å². The Bertz CT molecular complexity index is 319. The SMILES string of the molecule is C#CCC(NN)c1cncc(Br)c1. The van der Waals surface area contributed by atoms with E-state index in [2.05, 4.69) is 32.3 Å². The number of nitrogens with two attached hydrogens (primary N) is 1. The molecule has 0 aliphatic carbocycles. The Morgan fingerprint density at radius 3 is 3.00 bits per heavy atom. The smallest absolute Gasteiger partial charge is 0.0584 e. The summed E-state index contributed by atoms with van der Waals surface area (Å²) in [5.41, 5.74) is 3.62. The summed E-state index contributed by atoms with van der Waals surface area (Å²) in [5.74, 6) is 7.90. The van der Waals surface area contributed by atoms with E-state index >= 15 is 0 Å². The molecule has 0 bridgehead atoms. The zero-order valence-corrected chi connectivity index (χ0v) is 8.58. The summed E-state index contributed by atoms with van der Waals surface area (Å²) < 4.78 is 0.919. The largest absolute Gasteiger partial charge is 0.271 e. The molecule has 0 saturated heterocycles. The van der Waals surface area contributed by atoms with E-state index in [1.807, 2.05) is 6.07 Å². The van der Waals surface area contributed by atoms with Crippen molar-refractivity contribution in [2.45, 2.75) is 12.5 Å². The Hall–Kier alpha value is -0.890. The average Bonchev–Trinajstić information content (AvgIpc) is 2.14. The molecule has 0 saturated carbocycles. The van der Waals surface area contributed by atoms with E-state index < -0.39 is 0 Å². The molecular weight excluding hydrogens is 230 g/mol. The first-order valence-electron chi connectivity index (χ1n) is 3.78. The van der Waals surface area contributed by atoms with Crippen molar-refractivity contribution in [3.8, 4) is 12.3 Å². The van der Waals surface area contributed by atoms with Gasteiger partial charge in [-0.3, -0.25) is 16.3 Å². The van der Waals surface area contributed by atoms with Crippen molar-refractivity contribution in [3.63, 3.8) is 0 Å². The second kappa shape index (κ2) is 4.97. The molecule has 3 N–H and O–H groups in total. The van der Waals surface area contributed by atoms with Gasteiger partial charge in [0.15, 0.2) is 0 Å². The van der Waals surface area contributed by atoms with Crippen LogP contribution in [0.15, 0.2) is 22.9 Å². The number of terminal acetylenes is 1. The number of pyridine rings is 1. The highest BCUT2D eigenvalue weighted by molar-refractivity contribution is 9.10. The van der Waals surface area contributed by atoms with Gasteiger partial charge in [0.2, 0.25) is 0 Å². The van der Waals surface area contributed by atoms with Gasteiger partial charge in [0.25, 0.3) is 0 Å². The van der Waals surface area contributed by atoms with Crippen LogP contribution in [0.4, 0.5) is 0 Å². The predicted molar refractivity (Wildman–Crippen MR) is 55.5 cm³/mol. The van der Waals surface area contributed by atoms with Gasteiger partial charge in [-0.15, -0.1) is 12.3 Å². The summed E-state index contributed by atoms with van der Waals surface area (Å²) in [4.78, 5) is 4.02. The van der Waals surface area contributed by atoms with Crippen molar-refractivity contribution >= 4 is 15.9 Å². The summed E-state index contributed by atoms with van der Waals surface area (Å²) in [6, 6.07) is 1.91. The Labute approximate surface area is 85.8 Å². The van der Waals surface area contributed by atoms with Crippen molar-refractivity contribution < 1.29 is 0 Å². The second-order valence-corrected chi connectivity index (χ2v) is 3.48. The first-order valence-corrected chi connectivity index (χ1v) is 4.57. The summed E-state index contributed by atoms with van der Waals surface area (Å²) in [6.45, 7) is 0. The van der Waals surface area contributed by atoms with E-state index in [4.69, 9.17) is 12.3 Å². The zero-order chi connectivity index (χ0) is 9.68. The molecule has 1 aromatic heterocycles. The number of halogens is 1. The molecular formula is C9H10BrN3. The molecule has 0 spiro atoms. The Kier molecular flexibility index (Phi) is 3.90. The lowest BCUT2D eigenvalue weighted by molar-refractivity contribution is 0.566. The van der Waals surface area contributed by atoms with Crippen LogP contribution < -0.4 is 11.3 Å². The van der Waals surface area contributed by atoms with Crippen molar-refractivity contribution in [3.05, 3.63) is 28.5 Å². The average molecular weight is 240 g/mol. The second-order valence-electron chi connectivity index (χ2n) is 2.56. The maximum atomic E-state index is 5.35. The van der Waals surface area contributed by atoms with Crippen LogP contribution >= 0.6 is 15.9 Å². The fraction of sp³-hybridized carbons (Fsp3) is 0.222. The molecule has 4 heteroatoms. The topological polar surface area (TPSA) is 50.9 Å². The summed E-state index contributed by atoms with van der Waals surface area (Å²) in [6.07, 6.45) is 9.21. The van der Waals surface area contributed by atoms with Crippen LogP contribution in [0.3, 0.4) is 0 Å². The highest BCUT2D eigenvalue weighted by atomic mass is 79.9. The minimum absolute atomic E-state index is 0.0324. The molecule has 1 atom stereocenters. The molecule has 0 amide bonds. The molecule has 1 aromatic rings. The molecule has 0 fully saturated rings. The fourth-order valence-electron chi connectivity index (χ4n) is 1.01. The van der Waals surface area contributed by atoms with E-state index in [0.717, 1.165) is 10.0 Å². The molecule has 0 aliphatic heterocycles. The van der Waals surface area contributed by atoms with Crippen LogP contribution in [-0.2, 0) is 0 Å². The van der Waals surface area contributed by atoms with Gasteiger partial charge in [0, 0.05) is 23.3 Å². The van der Waals surface area contributed by atoms with Gasteiger partial charge in [-0.2, -0.15) is 0 Å². The monoisotopic (exact) mass is 239 g/mol. The number of aromatic nitrogens is 1. The van der Waals surface area contributed by atoms with Gasteiger partial charge in [-0.1, -0.05) is 0 Å². The zero-order valence-electron chi connectivity index (χ0n) is 7.00. The molecule has 1 heterocycles. The third-order valence-electron chi connectivity index (χ3n) is 1.65. The maximum Gasteiger partial charge on any atom is 0.0584 e. The summed E-state index contributed by atoms with van der Waals surface area (Å²) in [7, 11) is 0. The highest BCUT2D eigenvalue weighted by Gasteiger charge is 2.07. The highest BCUT2D eigenvalue weighted by Crippen LogP contribution is 2.18. The predicted octanol–water partition coefficient (Wildman–Crippen LogP) is 1.37. The standard InChI is InChI=1S/C9H10BrN3/c1-2-3-9(13-11)7-4-8(10)6-12-5-7/h1,4-6,9,13H,3,11H2. The molecule has 0 radical (unpaired) electrons. The third-order valence-corrected chi connectivity index (χ3v) is 2.09. The molecule has 0 aliphatic rings. The number of hydrazine groups is 1. The first-order chi connectivity index (χ1) is 6.27. The first kappa shape index (κ1) is 10.2. The van der Waals surface area contributed by atoms with Crippen molar-refractivity contribution in [1.82, 2.24) is 10.4 Å². The number of hydrogen-bond donors (Lipinski definition) is 2. The molecule has 3 nitrogen and oxygen atoms in total. The van der Waals surface area contributed by atoms with Gasteiger partial charge < -0.3 is 0 Å². The number of rotatable bonds is 3. The van der Waals surface area contributed by atoms with Crippen molar-refractivity contribution in [1.29, 1.82) is 0 Å². The lowest BCUT2D eigenvalue weighted by Crippen LogP contribution is -2.27. The quantitative estimate of drug-likeness (QED) is 0.476. The molecule has 0 aromatic carbocycles. The van der Waals surface area contributed by atoms with E-state index in [1.54, 1.807) is 12.4 Å².